The third kappa shape index (κ3) is 5.78. The molecule has 1 aliphatic carbocycles. The minimum absolute atomic E-state index is 0.0255. The van der Waals surface area contributed by atoms with Crippen molar-refractivity contribution < 1.29 is 9.59 Å². The van der Waals surface area contributed by atoms with Crippen LogP contribution < -0.4 is 10.6 Å². The molecule has 0 aliphatic heterocycles. The number of halogens is 1. The van der Waals surface area contributed by atoms with E-state index in [-0.39, 0.29) is 11.8 Å². The molecular weight excluding hydrogens is 436 g/mol. The number of hydrogen-bond acceptors (Lipinski definition) is 6. The summed E-state index contributed by atoms with van der Waals surface area (Å²) in [5.41, 5.74) is 0.546. The Morgan fingerprint density at radius 3 is 2.62 bits per heavy atom. The Kier molecular flexibility index (Phi) is 7.04. The molecule has 3 rings (SSSR count). The Morgan fingerprint density at radius 2 is 1.88 bits per heavy atom. The van der Waals surface area contributed by atoms with Gasteiger partial charge in [0.05, 0.1) is 5.75 Å². The van der Waals surface area contributed by atoms with E-state index < -0.39 is 0 Å². The summed E-state index contributed by atoms with van der Waals surface area (Å²) in [6.45, 7) is 0. The topological polar surface area (TPSA) is 84.0 Å². The van der Waals surface area contributed by atoms with E-state index in [2.05, 4.69) is 36.8 Å². The lowest BCUT2D eigenvalue weighted by Crippen LogP contribution is -2.37. The highest BCUT2D eigenvalue weighted by Gasteiger charge is 2.16. The van der Waals surface area contributed by atoms with E-state index in [4.69, 9.17) is 0 Å². The Morgan fingerprint density at radius 1 is 1.15 bits per heavy atom. The van der Waals surface area contributed by atoms with Crippen molar-refractivity contribution in [1.29, 1.82) is 0 Å². The zero-order chi connectivity index (χ0) is 18.4. The number of rotatable bonds is 6. The number of thioether (sulfide) groups is 1. The van der Waals surface area contributed by atoms with Gasteiger partial charge in [-0.1, -0.05) is 58.3 Å². The maximum Gasteiger partial charge on any atom is 0.257 e. The minimum Gasteiger partial charge on any atom is -0.353 e. The fraction of sp³-hybridized carbons (Fsp3) is 0.412. The molecule has 2 N–H and O–H groups in total. The fourth-order valence-corrected chi connectivity index (χ4v) is 4.56. The molecule has 9 heteroatoms. The molecule has 0 bridgehead atoms. The van der Waals surface area contributed by atoms with E-state index in [0.717, 1.165) is 17.3 Å². The second kappa shape index (κ2) is 9.48. The van der Waals surface area contributed by atoms with E-state index in [1.54, 1.807) is 24.3 Å². The van der Waals surface area contributed by atoms with Crippen LogP contribution in [0, 0.1) is 0 Å². The van der Waals surface area contributed by atoms with Gasteiger partial charge in [0, 0.05) is 16.1 Å². The van der Waals surface area contributed by atoms with Gasteiger partial charge in [0.2, 0.25) is 11.0 Å². The smallest absolute Gasteiger partial charge is 0.257 e. The van der Waals surface area contributed by atoms with Gasteiger partial charge in [-0.05, 0) is 37.1 Å². The van der Waals surface area contributed by atoms with E-state index in [1.807, 2.05) is 0 Å². The second-order valence-electron chi connectivity index (χ2n) is 6.03. The van der Waals surface area contributed by atoms with Gasteiger partial charge in [-0.15, -0.1) is 10.2 Å². The van der Waals surface area contributed by atoms with Gasteiger partial charge >= 0.3 is 0 Å². The third-order valence-electron chi connectivity index (χ3n) is 4.03. The summed E-state index contributed by atoms with van der Waals surface area (Å²) in [4.78, 5) is 24.2. The van der Waals surface area contributed by atoms with Gasteiger partial charge in [-0.25, -0.2) is 0 Å². The van der Waals surface area contributed by atoms with Crippen molar-refractivity contribution in [2.75, 3.05) is 11.1 Å². The summed E-state index contributed by atoms with van der Waals surface area (Å²) in [6, 6.07) is 7.38. The largest absolute Gasteiger partial charge is 0.353 e. The van der Waals surface area contributed by atoms with Crippen LogP contribution in [0.25, 0.3) is 0 Å². The van der Waals surface area contributed by atoms with Crippen molar-refractivity contribution in [3.8, 4) is 0 Å². The zero-order valence-electron chi connectivity index (χ0n) is 14.0. The molecule has 26 heavy (non-hydrogen) atoms. The molecule has 1 heterocycles. The molecule has 1 aromatic heterocycles. The van der Waals surface area contributed by atoms with Crippen LogP contribution in [0.2, 0.25) is 0 Å². The van der Waals surface area contributed by atoms with E-state index in [9.17, 15) is 9.59 Å². The van der Waals surface area contributed by atoms with Crippen LogP contribution in [0.1, 0.15) is 42.5 Å². The maximum absolute atomic E-state index is 12.2. The quantitative estimate of drug-likeness (QED) is 0.506. The molecule has 1 saturated carbocycles. The van der Waals surface area contributed by atoms with Gasteiger partial charge in [-0.3, -0.25) is 14.9 Å². The maximum atomic E-state index is 12.2. The highest BCUT2D eigenvalue weighted by Crippen LogP contribution is 2.26. The second-order valence-corrected chi connectivity index (χ2v) is 9.14. The van der Waals surface area contributed by atoms with E-state index in [1.165, 1.54) is 42.4 Å². The minimum atomic E-state index is -0.236. The molecular formula is C17H19BrN4O2S2. The Balaban J connectivity index is 1.46. The molecule has 0 atom stereocenters. The van der Waals surface area contributed by atoms with Crippen molar-refractivity contribution >= 4 is 56.0 Å². The molecule has 6 nitrogen and oxygen atoms in total. The first-order valence-corrected chi connectivity index (χ1v) is 11.0. The first-order chi connectivity index (χ1) is 12.6. The van der Waals surface area contributed by atoms with Crippen molar-refractivity contribution in [2.45, 2.75) is 42.5 Å². The van der Waals surface area contributed by atoms with Crippen molar-refractivity contribution in [2.24, 2.45) is 0 Å². The van der Waals surface area contributed by atoms with E-state index in [0.29, 0.717) is 26.8 Å². The Hall–Kier alpha value is -1.45. The third-order valence-corrected chi connectivity index (χ3v) is 6.53. The molecule has 1 aromatic carbocycles. The van der Waals surface area contributed by atoms with Gasteiger partial charge in [0.1, 0.15) is 0 Å². The van der Waals surface area contributed by atoms with Crippen molar-refractivity contribution in [3.63, 3.8) is 0 Å². The lowest BCUT2D eigenvalue weighted by atomic mass is 9.95. The summed E-state index contributed by atoms with van der Waals surface area (Å²) >= 11 is 5.94. The molecule has 0 saturated heterocycles. The number of aromatic nitrogens is 2. The Labute approximate surface area is 168 Å². The predicted molar refractivity (Wildman–Crippen MR) is 108 cm³/mol. The SMILES string of the molecule is O=C(CSc1nnc(NC(=O)c2ccc(Br)cc2)s1)NC1CCCCC1. The van der Waals surface area contributed by atoms with Gasteiger partial charge in [0.15, 0.2) is 4.34 Å². The number of hydrogen-bond donors (Lipinski definition) is 2. The van der Waals surface area contributed by atoms with Crippen LogP contribution in [-0.4, -0.2) is 33.8 Å². The first-order valence-electron chi connectivity index (χ1n) is 8.43. The lowest BCUT2D eigenvalue weighted by molar-refractivity contribution is -0.119. The molecule has 2 aromatic rings. The summed E-state index contributed by atoms with van der Waals surface area (Å²) in [5, 5.41) is 14.2. The zero-order valence-corrected chi connectivity index (χ0v) is 17.3. The van der Waals surface area contributed by atoms with Crippen LogP contribution in [0.3, 0.4) is 0 Å². The monoisotopic (exact) mass is 454 g/mol. The van der Waals surface area contributed by atoms with Gasteiger partial charge < -0.3 is 5.32 Å². The predicted octanol–water partition coefficient (Wildman–Crippen LogP) is 4.09. The summed E-state index contributed by atoms with van der Waals surface area (Å²) in [7, 11) is 0. The number of carbonyl (C=O) groups excluding carboxylic acids is 2. The molecule has 0 radical (unpaired) electrons. The molecule has 2 amide bonds. The van der Waals surface area contributed by atoms with Crippen molar-refractivity contribution in [1.82, 2.24) is 15.5 Å². The number of carbonyl (C=O) groups is 2. The van der Waals surface area contributed by atoms with Crippen LogP contribution >= 0.6 is 39.0 Å². The molecule has 0 unspecified atom stereocenters. The summed E-state index contributed by atoms with van der Waals surface area (Å²) in [5.74, 6) is 0.101. The van der Waals surface area contributed by atoms with Crippen LogP contribution in [0.15, 0.2) is 33.1 Å². The normalized spacial score (nSPS) is 14.8. The van der Waals surface area contributed by atoms with Crippen LogP contribution in [0.4, 0.5) is 5.13 Å². The summed E-state index contributed by atoms with van der Waals surface area (Å²) < 4.78 is 1.57. The van der Waals surface area contributed by atoms with Gasteiger partial charge in [0.25, 0.3) is 5.91 Å². The van der Waals surface area contributed by atoms with E-state index >= 15 is 0 Å². The molecule has 0 spiro atoms. The average Bonchev–Trinajstić information content (AvgIpc) is 3.09. The molecule has 1 fully saturated rings. The highest BCUT2D eigenvalue weighted by molar-refractivity contribution is 9.10. The average molecular weight is 455 g/mol. The number of anilines is 1. The molecule has 138 valence electrons. The lowest BCUT2D eigenvalue weighted by Gasteiger charge is -2.22. The number of benzene rings is 1. The number of nitrogens with zero attached hydrogens (tertiary/aromatic N) is 2. The van der Waals surface area contributed by atoms with Gasteiger partial charge in [-0.2, -0.15) is 0 Å². The van der Waals surface area contributed by atoms with Crippen LogP contribution in [0.5, 0.6) is 0 Å². The fourth-order valence-electron chi connectivity index (χ4n) is 2.73. The number of nitrogens with one attached hydrogen (secondary N) is 2. The Bertz CT molecular complexity index is 760. The number of amides is 2. The summed E-state index contributed by atoms with van der Waals surface area (Å²) in [6.07, 6.45) is 5.79. The standard InChI is InChI=1S/C17H19BrN4O2S2/c18-12-8-6-11(7-9-12)15(24)20-16-21-22-17(26-16)25-10-14(23)19-13-4-2-1-3-5-13/h6-9,13H,1-5,10H2,(H,19,23)(H,20,21,24). The first kappa shape index (κ1) is 19.3. The van der Waals surface area contributed by atoms with Crippen molar-refractivity contribution in [3.05, 3.63) is 34.3 Å². The van der Waals surface area contributed by atoms with Crippen LogP contribution in [-0.2, 0) is 4.79 Å². The molecule has 1 aliphatic rings. The highest BCUT2D eigenvalue weighted by atomic mass is 79.9.